The van der Waals surface area contributed by atoms with E-state index in [-0.39, 0.29) is 24.6 Å². The van der Waals surface area contributed by atoms with Crippen LogP contribution in [0.2, 0.25) is 0 Å². The minimum atomic E-state index is -4.63. The maximum absolute atomic E-state index is 13.9. The maximum atomic E-state index is 13.9. The van der Waals surface area contributed by atoms with E-state index in [0.717, 1.165) is 29.7 Å². The van der Waals surface area contributed by atoms with Gasteiger partial charge in [0.25, 0.3) is 5.91 Å². The highest BCUT2D eigenvalue weighted by Gasteiger charge is 2.39. The zero-order chi connectivity index (χ0) is 26.4. The average Bonchev–Trinajstić information content (AvgIpc) is 3.49. The number of halogens is 3. The van der Waals surface area contributed by atoms with Crippen molar-refractivity contribution in [1.82, 2.24) is 14.7 Å². The lowest BCUT2D eigenvalue weighted by molar-refractivity contribution is -0.141. The van der Waals surface area contributed by atoms with Crippen LogP contribution in [0.25, 0.3) is 11.1 Å². The van der Waals surface area contributed by atoms with Gasteiger partial charge in [0.15, 0.2) is 5.69 Å². The van der Waals surface area contributed by atoms with Crippen molar-refractivity contribution in [2.24, 2.45) is 5.73 Å². The van der Waals surface area contributed by atoms with E-state index in [1.165, 1.54) is 22.2 Å². The minimum absolute atomic E-state index is 0.0134. The number of carbonyl (C=O) groups is 1. The van der Waals surface area contributed by atoms with Gasteiger partial charge in [-0.15, -0.1) is 11.3 Å². The van der Waals surface area contributed by atoms with E-state index in [9.17, 15) is 23.2 Å². The molecule has 0 radical (unpaired) electrons. The number of nitriles is 1. The van der Waals surface area contributed by atoms with Crippen LogP contribution < -0.4 is 5.73 Å². The van der Waals surface area contributed by atoms with Crippen LogP contribution in [0.4, 0.5) is 13.2 Å². The van der Waals surface area contributed by atoms with Crippen LogP contribution in [0.1, 0.15) is 58.7 Å². The molecule has 2 aromatic heterocycles. The van der Waals surface area contributed by atoms with Crippen LogP contribution in [0.3, 0.4) is 0 Å². The van der Waals surface area contributed by atoms with Gasteiger partial charge in [-0.1, -0.05) is 30.2 Å². The lowest BCUT2D eigenvalue weighted by Crippen LogP contribution is -2.45. The van der Waals surface area contributed by atoms with E-state index >= 15 is 0 Å². The summed E-state index contributed by atoms with van der Waals surface area (Å²) < 4.78 is 43.1. The van der Waals surface area contributed by atoms with Gasteiger partial charge in [0, 0.05) is 35.6 Å². The van der Waals surface area contributed by atoms with Crippen LogP contribution in [0.5, 0.6) is 0 Å². The molecule has 1 amide bonds. The number of rotatable bonds is 3. The summed E-state index contributed by atoms with van der Waals surface area (Å²) in [4.78, 5) is 16.0. The number of aryl methyl sites for hydroxylation is 1. The summed E-state index contributed by atoms with van der Waals surface area (Å²) in [5.41, 5.74) is 6.44. The molecule has 1 fully saturated rings. The number of hydrogen-bond donors (Lipinski definition) is 1. The Morgan fingerprint density at radius 3 is 2.68 bits per heavy atom. The van der Waals surface area contributed by atoms with Crippen molar-refractivity contribution in [2.75, 3.05) is 6.54 Å². The summed E-state index contributed by atoms with van der Waals surface area (Å²) in [6.45, 7) is 2.52. The Morgan fingerprint density at radius 1 is 1.27 bits per heavy atom. The van der Waals surface area contributed by atoms with Crippen molar-refractivity contribution in [3.63, 3.8) is 0 Å². The summed E-state index contributed by atoms with van der Waals surface area (Å²) in [7, 11) is 0. The number of nitrogens with zero attached hydrogens (tertiary/aromatic N) is 4. The summed E-state index contributed by atoms with van der Waals surface area (Å²) in [5, 5.41) is 13.3. The van der Waals surface area contributed by atoms with Gasteiger partial charge >= 0.3 is 6.18 Å². The van der Waals surface area contributed by atoms with E-state index in [2.05, 4.69) is 23.0 Å². The number of aromatic nitrogens is 2. The molecule has 2 N–H and O–H groups in total. The lowest BCUT2D eigenvalue weighted by Gasteiger charge is -2.34. The molecule has 3 heterocycles. The third-order valence-corrected chi connectivity index (χ3v) is 8.04. The quantitative estimate of drug-likeness (QED) is 0.496. The molecule has 0 saturated heterocycles. The average molecular weight is 524 g/mol. The summed E-state index contributed by atoms with van der Waals surface area (Å²) in [5.74, 6) is 4.78. The topological polar surface area (TPSA) is 87.9 Å². The first kappa shape index (κ1) is 25.1. The number of fused-ring (bicyclic) bond motifs is 1. The third-order valence-electron chi connectivity index (χ3n) is 7.00. The van der Waals surface area contributed by atoms with Crippen molar-refractivity contribution in [2.45, 2.75) is 56.9 Å². The molecule has 0 bridgehead atoms. The molecule has 5 rings (SSSR count). The Hall–Kier alpha value is -3.60. The fraction of sp³-hybridized carbons (Fsp3) is 0.370. The summed E-state index contributed by atoms with van der Waals surface area (Å²) in [6, 6.07) is 10.8. The zero-order valence-electron chi connectivity index (χ0n) is 20.1. The van der Waals surface area contributed by atoms with E-state index in [1.54, 1.807) is 42.2 Å². The van der Waals surface area contributed by atoms with Gasteiger partial charge in [0.05, 0.1) is 12.1 Å². The molecular weight excluding hydrogens is 499 g/mol. The maximum Gasteiger partial charge on any atom is 0.435 e. The van der Waals surface area contributed by atoms with E-state index in [4.69, 9.17) is 5.73 Å². The first-order valence-corrected chi connectivity index (χ1v) is 12.8. The number of hydrogen-bond acceptors (Lipinski definition) is 5. The van der Waals surface area contributed by atoms with Gasteiger partial charge in [-0.2, -0.15) is 23.5 Å². The smallest absolute Gasteiger partial charge is 0.326 e. The molecule has 10 heteroatoms. The number of benzene rings is 1. The van der Waals surface area contributed by atoms with Crippen LogP contribution in [0.15, 0.2) is 36.5 Å². The van der Waals surface area contributed by atoms with Gasteiger partial charge in [0.1, 0.15) is 10.9 Å². The molecule has 0 spiro atoms. The van der Waals surface area contributed by atoms with Gasteiger partial charge in [0.2, 0.25) is 0 Å². The molecule has 1 unspecified atom stereocenters. The minimum Gasteiger partial charge on any atom is -0.326 e. The molecule has 37 heavy (non-hydrogen) atoms. The van der Waals surface area contributed by atoms with E-state index < -0.39 is 23.3 Å². The Kier molecular flexibility index (Phi) is 6.35. The Bertz CT molecular complexity index is 1470. The second-order valence-corrected chi connectivity index (χ2v) is 10.6. The molecule has 2 aliphatic rings. The second kappa shape index (κ2) is 9.37. The molecule has 1 aliphatic carbocycles. The molecule has 1 aliphatic heterocycles. The highest BCUT2D eigenvalue weighted by Crippen LogP contribution is 2.44. The monoisotopic (exact) mass is 523 g/mol. The normalized spacial score (nSPS) is 18.3. The van der Waals surface area contributed by atoms with E-state index in [0.29, 0.717) is 22.5 Å². The van der Waals surface area contributed by atoms with Crippen molar-refractivity contribution < 1.29 is 18.0 Å². The van der Waals surface area contributed by atoms with Gasteiger partial charge in [-0.3, -0.25) is 9.48 Å². The second-order valence-electron chi connectivity index (χ2n) is 9.43. The number of nitrogens with two attached hydrogens (primary N) is 1. The zero-order valence-corrected chi connectivity index (χ0v) is 20.9. The van der Waals surface area contributed by atoms with Crippen molar-refractivity contribution in [1.29, 1.82) is 5.26 Å². The first-order chi connectivity index (χ1) is 17.6. The van der Waals surface area contributed by atoms with Gasteiger partial charge < -0.3 is 10.6 Å². The Labute approximate surface area is 216 Å². The predicted molar refractivity (Wildman–Crippen MR) is 133 cm³/mol. The molecule has 1 saturated carbocycles. The molecule has 1 atom stereocenters. The summed E-state index contributed by atoms with van der Waals surface area (Å²) >= 11 is 1.29. The Morgan fingerprint density at radius 2 is 2.03 bits per heavy atom. The highest BCUT2D eigenvalue weighted by atomic mass is 32.1. The van der Waals surface area contributed by atoms with Gasteiger partial charge in [-0.25, -0.2) is 0 Å². The molecular formula is C27H24F3N5OS. The fourth-order valence-electron chi connectivity index (χ4n) is 4.87. The number of carbonyl (C=O) groups excluding carboxylic acids is 1. The standard InChI is InChI=1S/C27H24F3N5OS/c1-2-35-15-22(25(33-35)27(28,29)30)19-7-4-3-6-18(19)21-14-34(16-23-20(21)12-17(13-31)37-23)24(36)8-11-26(32)9-5-10-26/h3-4,6-7,12,15,21H,2,5,9-10,14,16,32H2,1H3. The third kappa shape index (κ3) is 4.75. The first-order valence-electron chi connectivity index (χ1n) is 12.0. The van der Waals surface area contributed by atoms with Crippen LogP contribution in [-0.2, 0) is 24.1 Å². The van der Waals surface area contributed by atoms with Crippen LogP contribution >= 0.6 is 11.3 Å². The number of alkyl halides is 3. The van der Waals surface area contributed by atoms with Crippen molar-refractivity contribution >= 4 is 17.2 Å². The largest absolute Gasteiger partial charge is 0.435 e. The fourth-order valence-corrected chi connectivity index (χ4v) is 5.91. The lowest BCUT2D eigenvalue weighted by atomic mass is 9.78. The van der Waals surface area contributed by atoms with Crippen molar-refractivity contribution in [3.05, 3.63) is 63.1 Å². The van der Waals surface area contributed by atoms with E-state index in [1.807, 2.05) is 0 Å². The van der Waals surface area contributed by atoms with Gasteiger partial charge in [-0.05, 0) is 54.9 Å². The molecule has 3 aromatic rings. The predicted octanol–water partition coefficient (Wildman–Crippen LogP) is 4.88. The van der Waals surface area contributed by atoms with Crippen LogP contribution in [-0.4, -0.2) is 32.7 Å². The summed E-state index contributed by atoms with van der Waals surface area (Å²) in [6.07, 6.45) is -0.749. The van der Waals surface area contributed by atoms with Crippen molar-refractivity contribution in [3.8, 4) is 29.0 Å². The Balaban J connectivity index is 1.59. The highest BCUT2D eigenvalue weighted by molar-refractivity contribution is 7.12. The number of thiophene rings is 1. The SMILES string of the molecule is CCn1cc(-c2ccccc2C2CN(C(=O)C#CC3(N)CCC3)Cc3sc(C#N)cc32)c(C(F)(F)F)n1. The number of amides is 1. The molecule has 6 nitrogen and oxygen atoms in total. The molecule has 190 valence electrons. The molecule has 1 aromatic carbocycles. The van der Waals surface area contributed by atoms with Crippen LogP contribution in [0, 0.1) is 23.2 Å².